The van der Waals surface area contributed by atoms with Crippen molar-refractivity contribution in [3.8, 4) is 11.5 Å². The van der Waals surface area contributed by atoms with E-state index >= 15 is 0 Å². The third-order valence-corrected chi connectivity index (χ3v) is 5.44. The van der Waals surface area contributed by atoms with E-state index < -0.39 is 5.60 Å². The minimum atomic E-state index is -0.521. The maximum Gasteiger partial charge on any atom is 0.410 e. The van der Waals surface area contributed by atoms with E-state index in [0.29, 0.717) is 49.9 Å². The number of carbonyl (C=O) groups excluding carboxylic acids is 2. The highest BCUT2D eigenvalue weighted by molar-refractivity contribution is 5.95. The minimum absolute atomic E-state index is 0.0150. The molecule has 8 heteroatoms. The predicted octanol–water partition coefficient (Wildman–Crippen LogP) is 4.22. The van der Waals surface area contributed by atoms with Gasteiger partial charge in [-0.05, 0) is 65.2 Å². The van der Waals surface area contributed by atoms with Crippen LogP contribution in [0.3, 0.4) is 0 Å². The molecule has 1 saturated heterocycles. The van der Waals surface area contributed by atoms with Gasteiger partial charge in [0.15, 0.2) is 11.5 Å². The molecule has 186 valence electrons. The van der Waals surface area contributed by atoms with Crippen molar-refractivity contribution < 1.29 is 28.5 Å². The first-order valence-electron chi connectivity index (χ1n) is 11.6. The quantitative estimate of drug-likeness (QED) is 0.483. The van der Waals surface area contributed by atoms with E-state index in [0.717, 1.165) is 12.8 Å². The molecule has 8 nitrogen and oxygen atoms in total. The summed E-state index contributed by atoms with van der Waals surface area (Å²) < 4.78 is 21.8. The van der Waals surface area contributed by atoms with Crippen LogP contribution in [0.25, 0.3) is 0 Å². The lowest BCUT2D eigenvalue weighted by molar-refractivity contribution is 0.0285. The smallest absolute Gasteiger partial charge is 0.410 e. The SMILES string of the molecule is COCCCOc1cc(C(=O)N(C[C@H]2CCN(C(=O)OC(C)(C)C)C2)C(C)C)ccc1OC. The van der Waals surface area contributed by atoms with Gasteiger partial charge in [0.1, 0.15) is 5.60 Å². The molecule has 1 aliphatic rings. The third-order valence-electron chi connectivity index (χ3n) is 5.44. The summed E-state index contributed by atoms with van der Waals surface area (Å²) >= 11 is 0. The topological polar surface area (TPSA) is 77.5 Å². The second-order valence-corrected chi connectivity index (χ2v) is 9.69. The molecule has 1 aromatic carbocycles. The van der Waals surface area contributed by atoms with E-state index in [1.54, 1.807) is 37.3 Å². The lowest BCUT2D eigenvalue weighted by Gasteiger charge is -2.30. The standard InChI is InChI=1S/C25H40N2O6/c1-18(2)27(17-19-11-12-26(16-19)24(29)33-25(3,4)5)23(28)20-9-10-21(31-7)22(15-20)32-14-8-13-30-6/h9-10,15,18-19H,8,11-14,16-17H2,1-7H3/t19-/m0/s1. The van der Waals surface area contributed by atoms with Gasteiger partial charge >= 0.3 is 6.09 Å². The lowest BCUT2D eigenvalue weighted by Crippen LogP contribution is -2.41. The van der Waals surface area contributed by atoms with Crippen LogP contribution in [0.1, 0.15) is 57.8 Å². The van der Waals surface area contributed by atoms with Crippen molar-refractivity contribution in [2.75, 3.05) is 47.1 Å². The molecule has 0 aromatic heterocycles. The van der Waals surface area contributed by atoms with Crippen molar-refractivity contribution in [3.05, 3.63) is 23.8 Å². The fourth-order valence-electron chi connectivity index (χ4n) is 3.75. The number of amides is 2. The molecule has 0 unspecified atom stereocenters. The van der Waals surface area contributed by atoms with Crippen LogP contribution in [-0.4, -0.2) is 80.5 Å². The Morgan fingerprint density at radius 1 is 1.15 bits per heavy atom. The number of hydrogen-bond donors (Lipinski definition) is 0. The molecule has 0 bridgehead atoms. The van der Waals surface area contributed by atoms with Gasteiger partial charge in [-0.2, -0.15) is 0 Å². The third kappa shape index (κ3) is 8.11. The molecular formula is C25H40N2O6. The van der Waals surface area contributed by atoms with Gasteiger partial charge in [-0.1, -0.05) is 0 Å². The molecule has 2 amide bonds. The van der Waals surface area contributed by atoms with Crippen LogP contribution in [-0.2, 0) is 9.47 Å². The Bertz CT molecular complexity index is 790. The fraction of sp³-hybridized carbons (Fsp3) is 0.680. The van der Waals surface area contributed by atoms with Gasteiger partial charge < -0.3 is 28.7 Å². The summed E-state index contributed by atoms with van der Waals surface area (Å²) in [5, 5.41) is 0. The molecule has 0 aliphatic carbocycles. The first-order valence-corrected chi connectivity index (χ1v) is 11.6. The average Bonchev–Trinajstić information content (AvgIpc) is 3.22. The number of likely N-dealkylation sites (tertiary alicyclic amines) is 1. The van der Waals surface area contributed by atoms with Crippen molar-refractivity contribution in [2.45, 2.75) is 59.1 Å². The molecule has 0 N–H and O–H groups in total. The Morgan fingerprint density at radius 3 is 2.48 bits per heavy atom. The van der Waals surface area contributed by atoms with Crippen LogP contribution >= 0.6 is 0 Å². The highest BCUT2D eigenvalue weighted by Gasteiger charge is 2.32. The van der Waals surface area contributed by atoms with Crippen LogP contribution in [0, 0.1) is 5.92 Å². The number of nitrogens with zero attached hydrogens (tertiary/aromatic N) is 2. The predicted molar refractivity (Wildman–Crippen MR) is 127 cm³/mol. The van der Waals surface area contributed by atoms with E-state index in [-0.39, 0.29) is 24.0 Å². The van der Waals surface area contributed by atoms with E-state index in [1.807, 2.05) is 39.5 Å². The zero-order valence-electron chi connectivity index (χ0n) is 21.2. The number of hydrogen-bond acceptors (Lipinski definition) is 6. The molecule has 33 heavy (non-hydrogen) atoms. The number of carbonyl (C=O) groups is 2. The molecule has 0 saturated carbocycles. The van der Waals surface area contributed by atoms with E-state index in [1.165, 1.54) is 0 Å². The Hall–Kier alpha value is -2.48. The first-order chi connectivity index (χ1) is 15.6. The Morgan fingerprint density at radius 2 is 1.88 bits per heavy atom. The van der Waals surface area contributed by atoms with Gasteiger partial charge in [-0.15, -0.1) is 0 Å². The second-order valence-electron chi connectivity index (χ2n) is 9.69. The summed E-state index contributed by atoms with van der Waals surface area (Å²) in [7, 11) is 3.23. The van der Waals surface area contributed by atoms with Crippen LogP contribution in [0.2, 0.25) is 0 Å². The number of ether oxygens (including phenoxy) is 4. The van der Waals surface area contributed by atoms with Crippen LogP contribution in [0.15, 0.2) is 18.2 Å². The molecular weight excluding hydrogens is 424 g/mol. The minimum Gasteiger partial charge on any atom is -0.493 e. The Balaban J connectivity index is 2.07. The summed E-state index contributed by atoms with van der Waals surface area (Å²) in [6.45, 7) is 12.5. The highest BCUT2D eigenvalue weighted by atomic mass is 16.6. The van der Waals surface area contributed by atoms with Crippen LogP contribution in [0.4, 0.5) is 4.79 Å². The molecule has 1 aliphatic heterocycles. The largest absolute Gasteiger partial charge is 0.493 e. The second kappa shape index (κ2) is 12.1. The van der Waals surface area contributed by atoms with E-state index in [9.17, 15) is 9.59 Å². The zero-order valence-corrected chi connectivity index (χ0v) is 21.2. The molecule has 1 fully saturated rings. The molecule has 2 rings (SSSR count). The van der Waals surface area contributed by atoms with Gasteiger partial charge in [0.2, 0.25) is 0 Å². The summed E-state index contributed by atoms with van der Waals surface area (Å²) in [4.78, 5) is 29.4. The average molecular weight is 465 g/mol. The summed E-state index contributed by atoms with van der Waals surface area (Å²) in [5.74, 6) is 1.26. The van der Waals surface area contributed by atoms with Gasteiger partial charge in [-0.25, -0.2) is 4.79 Å². The van der Waals surface area contributed by atoms with E-state index in [4.69, 9.17) is 18.9 Å². The summed E-state index contributed by atoms with van der Waals surface area (Å²) in [5.41, 5.74) is 0.0283. The maximum atomic E-state index is 13.4. The molecule has 1 aromatic rings. The Labute approximate surface area is 198 Å². The highest BCUT2D eigenvalue weighted by Crippen LogP contribution is 2.29. The maximum absolute atomic E-state index is 13.4. The van der Waals surface area contributed by atoms with Crippen LogP contribution in [0.5, 0.6) is 11.5 Å². The zero-order chi connectivity index (χ0) is 24.6. The fourth-order valence-corrected chi connectivity index (χ4v) is 3.75. The van der Waals surface area contributed by atoms with Crippen molar-refractivity contribution in [1.82, 2.24) is 9.80 Å². The summed E-state index contributed by atoms with van der Waals surface area (Å²) in [6.07, 6.45) is 1.29. The molecule has 0 radical (unpaired) electrons. The monoisotopic (exact) mass is 464 g/mol. The van der Waals surface area contributed by atoms with Crippen LogP contribution < -0.4 is 9.47 Å². The van der Waals surface area contributed by atoms with Gasteiger partial charge in [0.05, 0.1) is 13.7 Å². The molecule has 1 heterocycles. The molecule has 1 atom stereocenters. The first kappa shape index (κ1) is 26.8. The summed E-state index contributed by atoms with van der Waals surface area (Å²) in [6, 6.07) is 5.28. The van der Waals surface area contributed by atoms with Crippen molar-refractivity contribution in [1.29, 1.82) is 0 Å². The van der Waals surface area contributed by atoms with Gasteiger partial charge in [0.25, 0.3) is 5.91 Å². The van der Waals surface area contributed by atoms with Crippen molar-refractivity contribution >= 4 is 12.0 Å². The number of methoxy groups -OCH3 is 2. The normalized spacial score (nSPS) is 16.1. The number of benzene rings is 1. The van der Waals surface area contributed by atoms with Crippen molar-refractivity contribution in [2.24, 2.45) is 5.92 Å². The van der Waals surface area contributed by atoms with Crippen molar-refractivity contribution in [3.63, 3.8) is 0 Å². The Kier molecular flexibility index (Phi) is 9.83. The van der Waals surface area contributed by atoms with E-state index in [2.05, 4.69) is 0 Å². The number of rotatable bonds is 10. The molecule has 0 spiro atoms. The van der Waals surface area contributed by atoms with Gasteiger partial charge in [-0.3, -0.25) is 4.79 Å². The van der Waals surface area contributed by atoms with Gasteiger partial charge in [0, 0.05) is 51.4 Å². The lowest BCUT2D eigenvalue weighted by atomic mass is 10.1.